The van der Waals surface area contributed by atoms with Gasteiger partial charge < -0.3 is 10.1 Å². The van der Waals surface area contributed by atoms with E-state index in [0.717, 1.165) is 18.7 Å². The Labute approximate surface area is 100.0 Å². The predicted molar refractivity (Wildman–Crippen MR) is 62.2 cm³/mol. The van der Waals surface area contributed by atoms with Crippen LogP contribution >= 0.6 is 0 Å². The van der Waals surface area contributed by atoms with Crippen molar-refractivity contribution in [2.75, 3.05) is 19.7 Å². The molecule has 94 valence electrons. The van der Waals surface area contributed by atoms with E-state index in [1.165, 1.54) is 19.1 Å². The third-order valence-electron chi connectivity index (χ3n) is 3.08. The predicted octanol–water partition coefficient (Wildman–Crippen LogP) is 2.85. The first-order valence-corrected chi connectivity index (χ1v) is 5.94. The number of nitrogens with one attached hydrogen (secondary N) is 1. The molecule has 0 spiro atoms. The lowest BCUT2D eigenvalue weighted by molar-refractivity contribution is -0.00851. The molecule has 2 nitrogen and oxygen atoms in total. The number of halogens is 2. The van der Waals surface area contributed by atoms with Gasteiger partial charge in [0.1, 0.15) is 0 Å². The van der Waals surface area contributed by atoms with Crippen LogP contribution in [0.2, 0.25) is 0 Å². The van der Waals surface area contributed by atoms with Gasteiger partial charge in [0.15, 0.2) is 0 Å². The van der Waals surface area contributed by atoms with E-state index in [1.54, 1.807) is 12.1 Å². The second-order valence-electron chi connectivity index (χ2n) is 4.24. The number of rotatable bonds is 3. The molecular weight excluding hydrogens is 224 g/mol. The van der Waals surface area contributed by atoms with E-state index >= 15 is 0 Å². The zero-order valence-electron chi connectivity index (χ0n) is 9.88. The summed E-state index contributed by atoms with van der Waals surface area (Å²) in [6.45, 7) is 3.74. The van der Waals surface area contributed by atoms with Gasteiger partial charge in [-0.1, -0.05) is 31.2 Å². The zero-order chi connectivity index (χ0) is 12.3. The smallest absolute Gasteiger partial charge is 0.273 e. The van der Waals surface area contributed by atoms with Crippen molar-refractivity contribution < 1.29 is 13.5 Å². The molecule has 1 aromatic carbocycles. The first-order valence-electron chi connectivity index (χ1n) is 5.94. The number of ether oxygens (including phenoxy) is 1. The number of hydrogen-bond donors (Lipinski definition) is 1. The van der Waals surface area contributed by atoms with Gasteiger partial charge in [0.05, 0.1) is 12.7 Å². The van der Waals surface area contributed by atoms with Crippen LogP contribution in [0, 0.1) is 0 Å². The largest absolute Gasteiger partial charge is 0.371 e. The van der Waals surface area contributed by atoms with Crippen LogP contribution in [0.3, 0.4) is 0 Å². The quantitative estimate of drug-likeness (QED) is 0.878. The fourth-order valence-corrected chi connectivity index (χ4v) is 1.93. The summed E-state index contributed by atoms with van der Waals surface area (Å²) < 4.78 is 32.4. The van der Waals surface area contributed by atoms with E-state index in [4.69, 9.17) is 4.74 Å². The summed E-state index contributed by atoms with van der Waals surface area (Å²) in [7, 11) is 0. The van der Waals surface area contributed by atoms with Crippen molar-refractivity contribution in [3.05, 3.63) is 35.4 Å². The Morgan fingerprint density at radius 1 is 1.35 bits per heavy atom. The Balaban J connectivity index is 2.12. The van der Waals surface area contributed by atoms with Crippen molar-refractivity contribution >= 4 is 0 Å². The van der Waals surface area contributed by atoms with Gasteiger partial charge in [0, 0.05) is 25.1 Å². The molecule has 1 aliphatic rings. The first kappa shape index (κ1) is 12.5. The van der Waals surface area contributed by atoms with Crippen molar-refractivity contribution in [3.63, 3.8) is 0 Å². The summed E-state index contributed by atoms with van der Waals surface area (Å²) in [6.07, 6.45) is -0.193. The molecule has 0 aromatic heterocycles. The SMILES string of the molecule is CCC(F)(F)c1ccc(C2CNCCO2)cc1. The molecule has 4 heteroatoms. The maximum absolute atomic E-state index is 13.4. The van der Waals surface area contributed by atoms with Crippen molar-refractivity contribution in [3.8, 4) is 0 Å². The number of benzene rings is 1. The van der Waals surface area contributed by atoms with Crippen LogP contribution in [-0.2, 0) is 10.7 Å². The highest BCUT2D eigenvalue weighted by Gasteiger charge is 2.28. The molecule has 1 aromatic rings. The first-order chi connectivity index (χ1) is 8.13. The Morgan fingerprint density at radius 3 is 2.59 bits per heavy atom. The van der Waals surface area contributed by atoms with E-state index in [0.29, 0.717) is 6.61 Å². The van der Waals surface area contributed by atoms with E-state index < -0.39 is 5.92 Å². The molecule has 1 saturated heterocycles. The van der Waals surface area contributed by atoms with Crippen molar-refractivity contribution in [2.45, 2.75) is 25.4 Å². The number of hydrogen-bond acceptors (Lipinski definition) is 2. The van der Waals surface area contributed by atoms with Crippen LogP contribution in [-0.4, -0.2) is 19.7 Å². The highest BCUT2D eigenvalue weighted by Crippen LogP contribution is 2.32. The molecule has 1 fully saturated rings. The monoisotopic (exact) mass is 241 g/mol. The zero-order valence-corrected chi connectivity index (χ0v) is 9.88. The van der Waals surface area contributed by atoms with Crippen molar-refractivity contribution in [2.24, 2.45) is 0 Å². The minimum absolute atomic E-state index is 0.0203. The molecule has 1 aliphatic heterocycles. The van der Waals surface area contributed by atoms with Crippen LogP contribution in [0.4, 0.5) is 8.78 Å². The Bertz CT molecular complexity index is 358. The summed E-state index contributed by atoms with van der Waals surface area (Å²) >= 11 is 0. The van der Waals surface area contributed by atoms with Gasteiger partial charge in [-0.2, -0.15) is 0 Å². The summed E-state index contributed by atoms with van der Waals surface area (Å²) in [6, 6.07) is 6.46. The van der Waals surface area contributed by atoms with Crippen LogP contribution in [0.5, 0.6) is 0 Å². The second-order valence-corrected chi connectivity index (χ2v) is 4.24. The van der Waals surface area contributed by atoms with Crippen molar-refractivity contribution in [1.29, 1.82) is 0 Å². The molecule has 0 radical (unpaired) electrons. The molecule has 0 saturated carbocycles. The van der Waals surface area contributed by atoms with Gasteiger partial charge in [0.25, 0.3) is 5.92 Å². The molecule has 1 atom stereocenters. The van der Waals surface area contributed by atoms with E-state index in [-0.39, 0.29) is 18.1 Å². The standard InChI is InChI=1S/C13H17F2NO/c1-2-13(14,15)11-5-3-10(4-6-11)12-9-16-7-8-17-12/h3-6,12,16H,2,7-9H2,1H3. The summed E-state index contributed by atoms with van der Waals surface area (Å²) in [5.41, 5.74) is 1.03. The Morgan fingerprint density at radius 2 is 2.06 bits per heavy atom. The van der Waals surface area contributed by atoms with Gasteiger partial charge in [-0.05, 0) is 5.56 Å². The molecule has 0 aliphatic carbocycles. The molecule has 17 heavy (non-hydrogen) atoms. The molecule has 1 N–H and O–H groups in total. The highest BCUT2D eigenvalue weighted by atomic mass is 19.3. The van der Waals surface area contributed by atoms with Crippen LogP contribution in [0.1, 0.15) is 30.6 Å². The van der Waals surface area contributed by atoms with Gasteiger partial charge in [-0.15, -0.1) is 0 Å². The number of alkyl halides is 2. The van der Waals surface area contributed by atoms with Crippen LogP contribution in [0.15, 0.2) is 24.3 Å². The fraction of sp³-hybridized carbons (Fsp3) is 0.538. The summed E-state index contributed by atoms with van der Waals surface area (Å²) in [5, 5.41) is 3.22. The number of morpholine rings is 1. The fourth-order valence-electron chi connectivity index (χ4n) is 1.93. The van der Waals surface area contributed by atoms with Gasteiger partial charge >= 0.3 is 0 Å². The van der Waals surface area contributed by atoms with E-state index in [1.807, 2.05) is 0 Å². The average Bonchev–Trinajstić information content (AvgIpc) is 2.40. The van der Waals surface area contributed by atoms with E-state index in [2.05, 4.69) is 5.32 Å². The molecule has 0 bridgehead atoms. The van der Waals surface area contributed by atoms with Gasteiger partial charge in [-0.3, -0.25) is 0 Å². The molecule has 1 heterocycles. The summed E-state index contributed by atoms with van der Waals surface area (Å²) in [4.78, 5) is 0. The summed E-state index contributed by atoms with van der Waals surface area (Å²) in [5.74, 6) is -2.73. The maximum Gasteiger partial charge on any atom is 0.273 e. The average molecular weight is 241 g/mol. The third-order valence-corrected chi connectivity index (χ3v) is 3.08. The minimum Gasteiger partial charge on any atom is -0.371 e. The van der Waals surface area contributed by atoms with E-state index in [9.17, 15) is 8.78 Å². The Kier molecular flexibility index (Phi) is 3.74. The van der Waals surface area contributed by atoms with Crippen LogP contribution in [0.25, 0.3) is 0 Å². The Hall–Kier alpha value is -1.00. The highest BCUT2D eigenvalue weighted by molar-refractivity contribution is 5.27. The lowest BCUT2D eigenvalue weighted by Gasteiger charge is -2.24. The maximum atomic E-state index is 13.4. The third kappa shape index (κ3) is 2.82. The molecule has 2 rings (SSSR count). The van der Waals surface area contributed by atoms with Gasteiger partial charge in [0.2, 0.25) is 0 Å². The molecular formula is C13H17F2NO. The minimum atomic E-state index is -2.73. The normalized spacial score (nSPS) is 21.5. The van der Waals surface area contributed by atoms with Crippen molar-refractivity contribution in [1.82, 2.24) is 5.32 Å². The molecule has 0 amide bonds. The lowest BCUT2D eigenvalue weighted by Crippen LogP contribution is -2.33. The lowest BCUT2D eigenvalue weighted by atomic mass is 10.0. The van der Waals surface area contributed by atoms with Crippen LogP contribution < -0.4 is 5.32 Å². The molecule has 1 unspecified atom stereocenters. The topological polar surface area (TPSA) is 21.3 Å². The second kappa shape index (κ2) is 5.10. The van der Waals surface area contributed by atoms with Gasteiger partial charge in [-0.25, -0.2) is 8.78 Å².